The Kier molecular flexibility index (Phi) is 3.06. The molecule has 0 aliphatic carbocycles. The van der Waals surface area contributed by atoms with Gasteiger partial charge in [0.25, 0.3) is 5.91 Å². The second kappa shape index (κ2) is 5.44. The molecule has 1 aliphatic heterocycles. The first kappa shape index (κ1) is 16.3. The maximum Gasteiger partial charge on any atom is 0.252 e. The van der Waals surface area contributed by atoms with Gasteiger partial charge in [0.2, 0.25) is 0 Å². The molecule has 0 spiro atoms. The van der Waals surface area contributed by atoms with Crippen LogP contribution in [-0.4, -0.2) is 29.7 Å². The van der Waals surface area contributed by atoms with Crippen LogP contribution >= 0.6 is 0 Å². The van der Waals surface area contributed by atoms with Crippen LogP contribution in [0.15, 0.2) is 36.4 Å². The maximum atomic E-state index is 12.9. The number of fused-ring (bicyclic) bond motifs is 10. The van der Waals surface area contributed by atoms with Gasteiger partial charge in [0.1, 0.15) is 11.5 Å². The Morgan fingerprint density at radius 3 is 2.45 bits per heavy atom. The number of carbonyl (C=O) groups excluding carboxylic acids is 1. The van der Waals surface area contributed by atoms with Gasteiger partial charge in [-0.15, -0.1) is 0 Å². The molecule has 2 aromatic heterocycles. The first-order chi connectivity index (χ1) is 14.1. The van der Waals surface area contributed by atoms with Crippen LogP contribution in [0.2, 0.25) is 0 Å². The minimum atomic E-state index is -0.0319. The van der Waals surface area contributed by atoms with Crippen molar-refractivity contribution in [1.82, 2.24) is 14.9 Å². The molecule has 0 saturated carbocycles. The molecule has 3 aromatic carbocycles. The minimum Gasteiger partial charge on any atom is -0.497 e. The Morgan fingerprint density at radius 1 is 0.966 bits per heavy atom. The van der Waals surface area contributed by atoms with E-state index in [0.717, 1.165) is 66.2 Å². The second-order valence-electron chi connectivity index (χ2n) is 7.49. The normalized spacial score (nSPS) is 13.6. The highest BCUT2D eigenvalue weighted by Gasteiger charge is 2.30. The number of rotatable bonds is 2. The first-order valence-electron chi connectivity index (χ1n) is 9.51. The molecule has 5 aromatic rings. The zero-order valence-corrected chi connectivity index (χ0v) is 16.3. The van der Waals surface area contributed by atoms with Crippen molar-refractivity contribution in [1.29, 1.82) is 0 Å². The van der Waals surface area contributed by atoms with E-state index in [1.807, 2.05) is 24.3 Å². The first-order valence-corrected chi connectivity index (χ1v) is 9.51. The lowest BCUT2D eigenvalue weighted by Gasteiger charge is -2.06. The third-order valence-corrected chi connectivity index (χ3v) is 6.16. The molecule has 6 heteroatoms. The number of aromatic nitrogens is 2. The van der Waals surface area contributed by atoms with Crippen molar-refractivity contribution in [3.8, 4) is 11.5 Å². The van der Waals surface area contributed by atoms with Crippen LogP contribution in [0.1, 0.15) is 15.9 Å². The van der Waals surface area contributed by atoms with Gasteiger partial charge in [-0.2, -0.15) is 0 Å². The number of H-pyrrole nitrogens is 1. The van der Waals surface area contributed by atoms with Crippen LogP contribution in [0, 0.1) is 0 Å². The number of aryl methyl sites for hydroxylation is 1. The summed E-state index contributed by atoms with van der Waals surface area (Å²) in [6, 6.07) is 12.0. The van der Waals surface area contributed by atoms with Gasteiger partial charge in [-0.25, -0.2) is 0 Å². The topological polar surface area (TPSA) is 68.3 Å². The SMILES string of the molecule is COc1ccc2[nH]c3c(c4c(c5c6cc(OC)ccc6n(C)c35)CNC4=O)c2c1. The fraction of sp³-hybridized carbons (Fsp3) is 0.174. The van der Waals surface area contributed by atoms with E-state index in [0.29, 0.717) is 6.54 Å². The van der Waals surface area contributed by atoms with E-state index in [9.17, 15) is 4.79 Å². The van der Waals surface area contributed by atoms with Crippen molar-refractivity contribution < 1.29 is 14.3 Å². The fourth-order valence-corrected chi connectivity index (χ4v) is 4.84. The van der Waals surface area contributed by atoms with Crippen LogP contribution in [0.4, 0.5) is 0 Å². The quantitative estimate of drug-likeness (QED) is 0.478. The van der Waals surface area contributed by atoms with E-state index in [-0.39, 0.29) is 5.91 Å². The predicted molar refractivity (Wildman–Crippen MR) is 114 cm³/mol. The predicted octanol–water partition coefficient (Wildman–Crippen LogP) is 4.23. The lowest BCUT2D eigenvalue weighted by Crippen LogP contribution is -2.12. The van der Waals surface area contributed by atoms with Crippen LogP contribution < -0.4 is 14.8 Å². The molecule has 6 rings (SSSR count). The van der Waals surface area contributed by atoms with Crippen LogP contribution in [0.5, 0.6) is 11.5 Å². The second-order valence-corrected chi connectivity index (χ2v) is 7.49. The summed E-state index contributed by atoms with van der Waals surface area (Å²) < 4.78 is 13.1. The summed E-state index contributed by atoms with van der Waals surface area (Å²) in [5.41, 5.74) is 5.94. The van der Waals surface area contributed by atoms with Crippen molar-refractivity contribution in [2.45, 2.75) is 6.54 Å². The molecule has 1 aliphatic rings. The molecular weight excluding hydrogens is 366 g/mol. The summed E-state index contributed by atoms with van der Waals surface area (Å²) in [5.74, 6) is 1.54. The lowest BCUT2D eigenvalue weighted by atomic mass is 9.97. The molecule has 3 heterocycles. The van der Waals surface area contributed by atoms with Crippen LogP contribution in [0.25, 0.3) is 43.6 Å². The van der Waals surface area contributed by atoms with Gasteiger partial charge in [-0.05, 0) is 42.0 Å². The van der Waals surface area contributed by atoms with Crippen molar-refractivity contribution in [3.63, 3.8) is 0 Å². The number of hydrogen-bond acceptors (Lipinski definition) is 3. The maximum absolute atomic E-state index is 12.9. The van der Waals surface area contributed by atoms with E-state index in [1.54, 1.807) is 14.2 Å². The van der Waals surface area contributed by atoms with Gasteiger partial charge in [-0.1, -0.05) is 0 Å². The minimum absolute atomic E-state index is 0.0319. The van der Waals surface area contributed by atoms with E-state index < -0.39 is 0 Å². The molecule has 6 nitrogen and oxygen atoms in total. The Balaban J connectivity index is 1.92. The smallest absolute Gasteiger partial charge is 0.252 e. The summed E-state index contributed by atoms with van der Waals surface area (Å²) in [4.78, 5) is 16.5. The summed E-state index contributed by atoms with van der Waals surface area (Å²) in [7, 11) is 5.40. The molecule has 0 radical (unpaired) electrons. The van der Waals surface area contributed by atoms with Gasteiger partial charge in [-0.3, -0.25) is 4.79 Å². The zero-order chi connectivity index (χ0) is 19.9. The molecule has 29 heavy (non-hydrogen) atoms. The number of hydrogen-bond donors (Lipinski definition) is 2. The van der Waals surface area contributed by atoms with Crippen molar-refractivity contribution >= 4 is 49.5 Å². The number of ether oxygens (including phenoxy) is 2. The summed E-state index contributed by atoms with van der Waals surface area (Å²) >= 11 is 0. The van der Waals surface area contributed by atoms with Gasteiger partial charge >= 0.3 is 0 Å². The number of amides is 1. The van der Waals surface area contributed by atoms with Crippen molar-refractivity contribution in [3.05, 3.63) is 47.5 Å². The number of aromatic amines is 1. The highest BCUT2D eigenvalue weighted by molar-refractivity contribution is 6.30. The average molecular weight is 385 g/mol. The monoisotopic (exact) mass is 385 g/mol. The van der Waals surface area contributed by atoms with Gasteiger partial charge in [0.15, 0.2) is 0 Å². The number of carbonyl (C=O) groups is 1. The molecule has 0 unspecified atom stereocenters. The largest absolute Gasteiger partial charge is 0.497 e. The summed E-state index contributed by atoms with van der Waals surface area (Å²) in [6.45, 7) is 0.521. The van der Waals surface area contributed by atoms with Gasteiger partial charge in [0, 0.05) is 46.2 Å². The molecule has 1 amide bonds. The molecule has 2 N–H and O–H groups in total. The van der Waals surface area contributed by atoms with E-state index in [2.05, 4.69) is 34.0 Å². The highest BCUT2D eigenvalue weighted by atomic mass is 16.5. The van der Waals surface area contributed by atoms with Gasteiger partial charge < -0.3 is 24.3 Å². The average Bonchev–Trinajstić information content (AvgIpc) is 3.39. The van der Waals surface area contributed by atoms with Gasteiger partial charge in [0.05, 0.1) is 30.8 Å². The molecule has 0 saturated heterocycles. The number of nitrogens with zero attached hydrogens (tertiary/aromatic N) is 1. The molecular formula is C23H19N3O3. The standard InChI is InChI=1S/C23H19N3O3/c1-26-17-7-5-12(29-3)9-14(17)18-15-10-24-23(27)20(15)19-13-8-11(28-2)4-6-16(13)25-21(19)22(18)26/h4-9,25H,10H2,1-3H3,(H,24,27). The van der Waals surface area contributed by atoms with E-state index in [1.165, 1.54) is 0 Å². The third kappa shape index (κ3) is 1.93. The molecule has 0 bridgehead atoms. The van der Waals surface area contributed by atoms with E-state index >= 15 is 0 Å². The Bertz CT molecular complexity index is 1510. The van der Waals surface area contributed by atoms with Crippen molar-refractivity contribution in [2.24, 2.45) is 7.05 Å². The number of benzene rings is 3. The Morgan fingerprint density at radius 2 is 1.69 bits per heavy atom. The molecule has 0 fully saturated rings. The summed E-state index contributed by atoms with van der Waals surface area (Å²) in [5, 5.41) is 7.17. The number of methoxy groups -OCH3 is 2. The van der Waals surface area contributed by atoms with Crippen LogP contribution in [0.3, 0.4) is 0 Å². The van der Waals surface area contributed by atoms with E-state index in [4.69, 9.17) is 9.47 Å². The Hall–Kier alpha value is -3.67. The lowest BCUT2D eigenvalue weighted by molar-refractivity contribution is 0.0967. The fourth-order valence-electron chi connectivity index (χ4n) is 4.84. The van der Waals surface area contributed by atoms with Crippen LogP contribution in [-0.2, 0) is 13.6 Å². The molecule has 144 valence electrons. The molecule has 0 atom stereocenters. The highest BCUT2D eigenvalue weighted by Crippen LogP contribution is 2.44. The zero-order valence-electron chi connectivity index (χ0n) is 16.3. The number of nitrogens with one attached hydrogen (secondary N) is 2. The Labute approximate surface area is 166 Å². The van der Waals surface area contributed by atoms with Crippen molar-refractivity contribution in [2.75, 3.05) is 14.2 Å². The third-order valence-electron chi connectivity index (χ3n) is 6.16. The summed E-state index contributed by atoms with van der Waals surface area (Å²) in [6.07, 6.45) is 0.